The number of allylic oxidation sites excluding steroid dienone is 2. The molecular formula is C32H30Cl2N2O4. The number of amides is 4. The molecule has 6 nitrogen and oxygen atoms in total. The molecule has 0 N–H and O–H groups in total. The number of rotatable bonds is 4. The smallest absolute Gasteiger partial charge is 0.234 e. The van der Waals surface area contributed by atoms with Crippen LogP contribution in [0, 0.1) is 40.9 Å². The molecule has 8 heteroatoms. The number of nitrogens with zero attached hydrogens (tertiary/aromatic N) is 2. The van der Waals surface area contributed by atoms with Crippen LogP contribution in [-0.2, 0) is 32.3 Å². The van der Waals surface area contributed by atoms with Gasteiger partial charge >= 0.3 is 0 Å². The highest BCUT2D eigenvalue weighted by atomic mass is 35.5. The van der Waals surface area contributed by atoms with Gasteiger partial charge in [-0.3, -0.25) is 29.0 Å². The molecule has 1 spiro atoms. The van der Waals surface area contributed by atoms with Crippen LogP contribution in [0.4, 0.5) is 0 Å². The first kappa shape index (κ1) is 26.0. The van der Waals surface area contributed by atoms with Crippen LogP contribution in [0.1, 0.15) is 44.2 Å². The fraction of sp³-hybridized carbons (Fsp3) is 0.438. The highest BCUT2D eigenvalue weighted by molar-refractivity contribution is 6.30. The van der Waals surface area contributed by atoms with Gasteiger partial charge < -0.3 is 0 Å². The Bertz CT molecular complexity index is 1410. The highest BCUT2D eigenvalue weighted by Gasteiger charge is 2.77. The topological polar surface area (TPSA) is 74.8 Å². The molecule has 0 radical (unpaired) electrons. The second kappa shape index (κ2) is 9.02. The van der Waals surface area contributed by atoms with Crippen LogP contribution in [0.15, 0.2) is 59.7 Å². The van der Waals surface area contributed by atoms with E-state index in [0.29, 0.717) is 16.5 Å². The lowest BCUT2D eigenvalue weighted by molar-refractivity contribution is -0.154. The molecule has 0 aromatic heterocycles. The van der Waals surface area contributed by atoms with Crippen molar-refractivity contribution in [3.05, 3.63) is 80.8 Å². The minimum absolute atomic E-state index is 0.161. The van der Waals surface area contributed by atoms with Crippen LogP contribution in [0.2, 0.25) is 10.0 Å². The summed E-state index contributed by atoms with van der Waals surface area (Å²) in [7, 11) is 0. The van der Waals surface area contributed by atoms with E-state index in [9.17, 15) is 19.2 Å². The molecule has 4 aliphatic carbocycles. The van der Waals surface area contributed by atoms with E-state index in [1.54, 1.807) is 24.3 Å². The standard InChI is InChI=1S/C32H30Cl2N2O4/c1-16-3-12-22-17(2)23-24-26(30(39)35(28(24)37)14-18-4-8-20(33)9-5-18)32(22,13-16)27-25(23)29(38)36(31(27)40)15-19-6-10-21(34)11-7-19/h4-11,16,23-27H,3,12-15H2,1-2H3/t16-,23?,24-,25+,26+,27-,32?/m1/s1. The van der Waals surface area contributed by atoms with Gasteiger partial charge in [0.1, 0.15) is 0 Å². The van der Waals surface area contributed by atoms with Crippen molar-refractivity contribution < 1.29 is 19.2 Å². The SMILES string of the molecule is CC1=C2CC[C@@H](C)CC23[C@@H]2C(=O)N(Cc4ccc(Cl)cc4)C(=O)[C@@H]2C1[C@@H]1C(=O)N(Cc2ccc(Cl)cc2)C(=O)[C@@H]13. The molecule has 6 aliphatic rings. The van der Waals surface area contributed by atoms with Crippen LogP contribution in [-0.4, -0.2) is 33.4 Å². The number of imide groups is 2. The van der Waals surface area contributed by atoms with E-state index in [2.05, 4.69) is 6.92 Å². The first-order valence-electron chi connectivity index (χ1n) is 14.0. The average Bonchev–Trinajstić information content (AvgIpc) is 3.33. The summed E-state index contributed by atoms with van der Waals surface area (Å²) in [5.74, 6) is -3.51. The van der Waals surface area contributed by atoms with Gasteiger partial charge in [0, 0.05) is 21.4 Å². The summed E-state index contributed by atoms with van der Waals surface area (Å²) >= 11 is 12.1. The van der Waals surface area contributed by atoms with Crippen molar-refractivity contribution in [2.45, 2.75) is 46.2 Å². The molecule has 2 aromatic rings. The van der Waals surface area contributed by atoms with E-state index >= 15 is 0 Å². The molecule has 7 atom stereocenters. The maximum Gasteiger partial charge on any atom is 0.234 e. The molecule has 40 heavy (non-hydrogen) atoms. The zero-order valence-electron chi connectivity index (χ0n) is 22.4. The van der Waals surface area contributed by atoms with Crippen molar-refractivity contribution in [2.75, 3.05) is 0 Å². The normalized spacial score (nSPS) is 34.5. The number of hydrogen-bond acceptors (Lipinski definition) is 4. The third-order valence-corrected chi connectivity index (χ3v) is 10.9. The molecule has 2 unspecified atom stereocenters. The molecule has 2 saturated heterocycles. The van der Waals surface area contributed by atoms with E-state index in [1.807, 2.05) is 31.2 Å². The molecule has 8 rings (SSSR count). The predicted octanol–water partition coefficient (Wildman–Crippen LogP) is 5.66. The molecule has 2 heterocycles. The minimum atomic E-state index is -0.811. The summed E-state index contributed by atoms with van der Waals surface area (Å²) in [6.45, 7) is 4.52. The van der Waals surface area contributed by atoms with Gasteiger partial charge in [-0.2, -0.15) is 0 Å². The fourth-order valence-electron chi connectivity index (χ4n) is 8.94. The van der Waals surface area contributed by atoms with E-state index in [0.717, 1.165) is 35.1 Å². The molecule has 2 aliphatic heterocycles. The Labute approximate surface area is 243 Å². The Balaban J connectivity index is 1.32. The van der Waals surface area contributed by atoms with Crippen LogP contribution < -0.4 is 0 Å². The number of carbonyl (C=O) groups excluding carboxylic acids is 4. The maximum absolute atomic E-state index is 14.3. The van der Waals surface area contributed by atoms with Crippen LogP contribution in [0.25, 0.3) is 0 Å². The van der Waals surface area contributed by atoms with E-state index in [4.69, 9.17) is 23.2 Å². The Morgan fingerprint density at radius 3 is 1.62 bits per heavy atom. The number of likely N-dealkylation sites (tertiary alicyclic amines) is 2. The van der Waals surface area contributed by atoms with Gasteiger partial charge in [0.05, 0.1) is 36.8 Å². The number of benzene rings is 2. The van der Waals surface area contributed by atoms with Crippen molar-refractivity contribution in [1.29, 1.82) is 0 Å². The van der Waals surface area contributed by atoms with E-state index < -0.39 is 35.0 Å². The van der Waals surface area contributed by atoms with E-state index in [1.165, 1.54) is 9.80 Å². The van der Waals surface area contributed by atoms with Gasteiger partial charge in [-0.05, 0) is 67.5 Å². The Morgan fingerprint density at radius 2 is 1.18 bits per heavy atom. The highest BCUT2D eigenvalue weighted by Crippen LogP contribution is 2.72. The van der Waals surface area contributed by atoms with Crippen molar-refractivity contribution >= 4 is 46.8 Å². The zero-order chi connectivity index (χ0) is 28.1. The third kappa shape index (κ3) is 3.41. The van der Waals surface area contributed by atoms with Crippen molar-refractivity contribution in [3.8, 4) is 0 Å². The van der Waals surface area contributed by atoms with Crippen molar-refractivity contribution in [1.82, 2.24) is 9.80 Å². The lowest BCUT2D eigenvalue weighted by Crippen LogP contribution is -2.62. The lowest BCUT2D eigenvalue weighted by Gasteiger charge is -2.61. The lowest BCUT2D eigenvalue weighted by atomic mass is 9.39. The first-order valence-corrected chi connectivity index (χ1v) is 14.8. The van der Waals surface area contributed by atoms with Crippen LogP contribution in [0.3, 0.4) is 0 Å². The second-order valence-electron chi connectivity index (χ2n) is 12.4. The monoisotopic (exact) mass is 576 g/mol. The van der Waals surface area contributed by atoms with Crippen molar-refractivity contribution in [3.63, 3.8) is 0 Å². The maximum atomic E-state index is 14.3. The Hall–Kier alpha value is -2.96. The second-order valence-corrected chi connectivity index (χ2v) is 13.2. The van der Waals surface area contributed by atoms with Gasteiger partial charge in [0.25, 0.3) is 0 Å². The number of halogens is 2. The quantitative estimate of drug-likeness (QED) is 0.347. The minimum Gasteiger partial charge on any atom is -0.278 e. The number of hydrogen-bond donors (Lipinski definition) is 0. The zero-order valence-corrected chi connectivity index (χ0v) is 23.9. The Kier molecular flexibility index (Phi) is 5.86. The van der Waals surface area contributed by atoms with Crippen LogP contribution in [0.5, 0.6) is 0 Å². The largest absolute Gasteiger partial charge is 0.278 e. The molecule has 206 valence electrons. The van der Waals surface area contributed by atoms with Crippen molar-refractivity contribution in [2.24, 2.45) is 40.9 Å². The number of carbonyl (C=O) groups is 4. The summed E-state index contributed by atoms with van der Waals surface area (Å²) in [5, 5.41) is 1.17. The molecule has 2 aromatic carbocycles. The summed E-state index contributed by atoms with van der Waals surface area (Å²) < 4.78 is 0. The Morgan fingerprint density at radius 1 is 0.725 bits per heavy atom. The molecule has 4 amide bonds. The summed E-state index contributed by atoms with van der Waals surface area (Å²) in [6, 6.07) is 14.3. The molecular weight excluding hydrogens is 547 g/mol. The van der Waals surface area contributed by atoms with Gasteiger partial charge in [-0.25, -0.2) is 0 Å². The van der Waals surface area contributed by atoms with Gasteiger partial charge in [-0.1, -0.05) is 65.5 Å². The fourth-order valence-corrected chi connectivity index (χ4v) is 9.19. The van der Waals surface area contributed by atoms with E-state index in [-0.39, 0.29) is 42.6 Å². The summed E-state index contributed by atoms with van der Waals surface area (Å²) in [6.07, 6.45) is 2.41. The molecule has 4 fully saturated rings. The predicted molar refractivity (Wildman–Crippen MR) is 150 cm³/mol. The van der Waals surface area contributed by atoms with Gasteiger partial charge in [-0.15, -0.1) is 0 Å². The third-order valence-electron chi connectivity index (χ3n) is 10.4. The summed E-state index contributed by atoms with van der Waals surface area (Å²) in [5.41, 5.74) is 3.03. The average molecular weight is 578 g/mol. The van der Waals surface area contributed by atoms with Gasteiger partial charge in [0.15, 0.2) is 0 Å². The van der Waals surface area contributed by atoms with Crippen LogP contribution >= 0.6 is 23.2 Å². The molecule has 2 saturated carbocycles. The molecule has 2 bridgehead atoms. The van der Waals surface area contributed by atoms with Gasteiger partial charge in [0.2, 0.25) is 23.6 Å². The summed E-state index contributed by atoms with van der Waals surface area (Å²) in [4.78, 5) is 59.6. The first-order chi connectivity index (χ1) is 19.1.